The van der Waals surface area contributed by atoms with E-state index in [2.05, 4.69) is 28.8 Å². The molecular formula is C32H29F4N3O3. The summed E-state index contributed by atoms with van der Waals surface area (Å²) in [5.41, 5.74) is 0.666. The Morgan fingerprint density at radius 3 is 2.62 bits per heavy atom. The fourth-order valence-corrected chi connectivity index (χ4v) is 5.71. The van der Waals surface area contributed by atoms with Gasteiger partial charge in [0.2, 0.25) is 11.6 Å². The van der Waals surface area contributed by atoms with Crippen molar-refractivity contribution >= 4 is 17.2 Å². The van der Waals surface area contributed by atoms with Gasteiger partial charge in [0.25, 0.3) is 0 Å². The normalized spacial score (nSPS) is 21.5. The molecule has 0 aliphatic heterocycles. The van der Waals surface area contributed by atoms with Gasteiger partial charge in [-0.05, 0) is 55.0 Å². The van der Waals surface area contributed by atoms with Crippen LogP contribution in [0.5, 0.6) is 11.5 Å². The van der Waals surface area contributed by atoms with E-state index < -0.39 is 34.4 Å². The third kappa shape index (κ3) is 5.01. The number of halogens is 4. The van der Waals surface area contributed by atoms with Crippen molar-refractivity contribution in [2.75, 3.05) is 0 Å². The maximum absolute atomic E-state index is 15.1. The Balaban J connectivity index is 1.51. The van der Waals surface area contributed by atoms with Gasteiger partial charge in [0, 0.05) is 35.3 Å². The van der Waals surface area contributed by atoms with Crippen molar-refractivity contribution in [3.05, 3.63) is 101 Å². The highest BCUT2D eigenvalue weighted by atomic mass is 19.2. The lowest BCUT2D eigenvalue weighted by Crippen LogP contribution is -2.33. The molecule has 4 aromatic rings. The number of aldehydes is 1. The number of allylic oxidation sites excluding steroid dienone is 5. The molecular weight excluding hydrogens is 550 g/mol. The first-order chi connectivity index (χ1) is 20.0. The second-order valence-corrected chi connectivity index (χ2v) is 11.2. The number of aliphatic hydroxyl groups is 1. The topological polar surface area (TPSA) is 91.0 Å². The summed E-state index contributed by atoms with van der Waals surface area (Å²) in [5.74, 6) is -5.59. The highest BCUT2D eigenvalue weighted by Crippen LogP contribution is 2.47. The van der Waals surface area contributed by atoms with Crippen LogP contribution in [0.1, 0.15) is 45.7 Å². The van der Waals surface area contributed by atoms with Crippen molar-refractivity contribution in [1.29, 1.82) is 0 Å². The van der Waals surface area contributed by atoms with Gasteiger partial charge in [-0.1, -0.05) is 37.6 Å². The maximum Gasteiger partial charge on any atom is 0.206 e. The lowest BCUT2D eigenvalue weighted by molar-refractivity contribution is -0.107. The number of benzene rings is 2. The summed E-state index contributed by atoms with van der Waals surface area (Å²) in [7, 11) is 0. The Morgan fingerprint density at radius 1 is 1.10 bits per heavy atom. The van der Waals surface area contributed by atoms with E-state index in [1.54, 1.807) is 12.3 Å². The molecule has 1 aliphatic rings. The van der Waals surface area contributed by atoms with Crippen LogP contribution in [0.3, 0.4) is 0 Å². The molecule has 1 aliphatic carbocycles. The Hall–Kier alpha value is -4.60. The number of hydrogen-bond acceptors (Lipinski definition) is 4. The molecule has 0 bridgehead atoms. The Bertz CT molecular complexity index is 1770. The minimum atomic E-state index is -1.52. The molecule has 0 saturated carbocycles. The van der Waals surface area contributed by atoms with Crippen LogP contribution in [0.2, 0.25) is 0 Å². The van der Waals surface area contributed by atoms with Crippen molar-refractivity contribution in [3.63, 3.8) is 0 Å². The number of nitrogens with one attached hydrogen (secondary N) is 2. The SMILES string of the molecule is CC1(C)CC(C)(c2cnc(-c3cc(Oc4c(F)c(F)c5[nH]ccc5c4F)ccc3F)[nH]2)C(=C\O)/C=C\C=C/1CCC=O. The second kappa shape index (κ2) is 11.0. The van der Waals surface area contributed by atoms with Crippen molar-refractivity contribution < 1.29 is 32.2 Å². The van der Waals surface area contributed by atoms with E-state index >= 15 is 4.39 Å². The summed E-state index contributed by atoms with van der Waals surface area (Å²) in [6.45, 7) is 6.04. The number of H-pyrrole nitrogens is 2. The average molecular weight is 580 g/mol. The van der Waals surface area contributed by atoms with Crippen LogP contribution in [0.25, 0.3) is 22.3 Å². The molecule has 6 nitrogen and oxygen atoms in total. The van der Waals surface area contributed by atoms with E-state index in [4.69, 9.17) is 4.74 Å². The predicted octanol–water partition coefficient (Wildman–Crippen LogP) is 8.50. The predicted molar refractivity (Wildman–Crippen MR) is 151 cm³/mol. The number of rotatable bonds is 7. The van der Waals surface area contributed by atoms with Gasteiger partial charge in [-0.3, -0.25) is 0 Å². The van der Waals surface area contributed by atoms with Crippen molar-refractivity contribution in [2.24, 2.45) is 5.41 Å². The first-order valence-corrected chi connectivity index (χ1v) is 13.3. The zero-order chi connectivity index (χ0) is 30.2. The number of aromatic nitrogens is 3. The van der Waals surface area contributed by atoms with E-state index in [9.17, 15) is 23.1 Å². The lowest BCUT2D eigenvalue weighted by Gasteiger charge is -2.40. The van der Waals surface area contributed by atoms with Crippen molar-refractivity contribution in [1.82, 2.24) is 15.0 Å². The average Bonchev–Trinajstić information content (AvgIpc) is 3.65. The number of ether oxygens (including phenoxy) is 1. The molecule has 1 unspecified atom stereocenters. The summed E-state index contributed by atoms with van der Waals surface area (Å²) >= 11 is 0. The van der Waals surface area contributed by atoms with Crippen molar-refractivity contribution in [3.8, 4) is 22.9 Å². The van der Waals surface area contributed by atoms with Gasteiger partial charge in [-0.2, -0.15) is 4.39 Å². The standard InChI is InChI=1S/C32H29F4N3O3/c1-31(2)17-32(3,19(16-41)7-4-6-18(31)8-5-13-40)24-15-38-30(39-24)22-14-20(9-10-23(22)33)42-29-25(34)21-11-12-37-28(21)26(35)27(29)36/h4,6-7,9-16,37,41H,5,8,17H2,1-3H3,(H,38,39)/b7-4-,18-6-,19-16-. The molecule has 0 amide bonds. The molecule has 42 heavy (non-hydrogen) atoms. The Kier molecular flexibility index (Phi) is 7.57. The van der Waals surface area contributed by atoms with Gasteiger partial charge in [-0.15, -0.1) is 0 Å². The smallest absolute Gasteiger partial charge is 0.206 e. The molecule has 0 fully saturated rings. The highest BCUT2D eigenvalue weighted by Gasteiger charge is 2.40. The summed E-state index contributed by atoms with van der Waals surface area (Å²) in [6, 6.07) is 4.69. The minimum absolute atomic E-state index is 0.0481. The molecule has 2 aromatic carbocycles. The number of fused-ring (bicyclic) bond motifs is 1. The Labute approximate surface area is 239 Å². The number of hydrogen-bond donors (Lipinski definition) is 3. The van der Waals surface area contributed by atoms with Gasteiger partial charge >= 0.3 is 0 Å². The zero-order valence-corrected chi connectivity index (χ0v) is 23.2. The second-order valence-electron chi connectivity index (χ2n) is 11.2. The molecule has 3 N–H and O–H groups in total. The van der Waals surface area contributed by atoms with Gasteiger partial charge in [-0.25, -0.2) is 18.2 Å². The van der Waals surface area contributed by atoms with Gasteiger partial charge < -0.3 is 24.6 Å². The van der Waals surface area contributed by atoms with Crippen LogP contribution in [0.4, 0.5) is 17.6 Å². The summed E-state index contributed by atoms with van der Waals surface area (Å²) in [6.07, 6.45) is 11.8. The monoisotopic (exact) mass is 579 g/mol. The summed E-state index contributed by atoms with van der Waals surface area (Å²) in [5, 5.41) is 9.97. The maximum atomic E-state index is 15.1. The van der Waals surface area contributed by atoms with E-state index in [1.165, 1.54) is 24.4 Å². The molecule has 0 spiro atoms. The Morgan fingerprint density at radius 2 is 1.88 bits per heavy atom. The third-order valence-electron chi connectivity index (χ3n) is 7.92. The molecule has 218 valence electrons. The van der Waals surface area contributed by atoms with E-state index in [1.807, 2.05) is 19.1 Å². The first-order valence-electron chi connectivity index (χ1n) is 13.3. The number of carbonyl (C=O) groups excluding carboxylic acids is 1. The minimum Gasteiger partial charge on any atom is -0.515 e. The van der Waals surface area contributed by atoms with E-state index in [-0.39, 0.29) is 33.5 Å². The van der Waals surface area contributed by atoms with Gasteiger partial charge in [0.05, 0.1) is 17.3 Å². The summed E-state index contributed by atoms with van der Waals surface area (Å²) in [4.78, 5) is 21.0. The van der Waals surface area contributed by atoms with Gasteiger partial charge in [0.15, 0.2) is 11.6 Å². The fourth-order valence-electron chi connectivity index (χ4n) is 5.71. The van der Waals surface area contributed by atoms with Crippen LogP contribution in [-0.4, -0.2) is 26.3 Å². The molecule has 0 saturated heterocycles. The van der Waals surface area contributed by atoms with Crippen LogP contribution >= 0.6 is 0 Å². The first kappa shape index (κ1) is 28.9. The number of carbonyl (C=O) groups is 1. The fraction of sp³-hybridized carbons (Fsp3) is 0.250. The molecule has 2 heterocycles. The quantitative estimate of drug-likeness (QED) is 0.0886. The summed E-state index contributed by atoms with van der Waals surface area (Å²) < 4.78 is 64.6. The van der Waals surface area contributed by atoms with Gasteiger partial charge in [0.1, 0.15) is 23.7 Å². The lowest BCUT2D eigenvalue weighted by atomic mass is 9.64. The molecule has 0 radical (unpaired) electrons. The third-order valence-corrected chi connectivity index (χ3v) is 7.92. The van der Waals surface area contributed by atoms with Crippen LogP contribution in [0, 0.1) is 28.7 Å². The number of aromatic amines is 2. The zero-order valence-electron chi connectivity index (χ0n) is 23.2. The van der Waals surface area contributed by atoms with Crippen LogP contribution < -0.4 is 4.74 Å². The molecule has 5 rings (SSSR count). The highest BCUT2D eigenvalue weighted by molar-refractivity contribution is 5.82. The number of imidazole rings is 1. The van der Waals surface area contributed by atoms with Crippen LogP contribution in [-0.2, 0) is 10.2 Å². The van der Waals surface area contributed by atoms with E-state index in [0.717, 1.165) is 24.2 Å². The number of nitrogens with zero attached hydrogens (tertiary/aromatic N) is 1. The number of aliphatic hydroxyl groups excluding tert-OH is 1. The van der Waals surface area contributed by atoms with Crippen LogP contribution in [0.15, 0.2) is 72.3 Å². The van der Waals surface area contributed by atoms with E-state index in [0.29, 0.717) is 30.5 Å². The van der Waals surface area contributed by atoms with Crippen molar-refractivity contribution in [2.45, 2.75) is 45.4 Å². The molecule has 2 aromatic heterocycles. The molecule has 1 atom stereocenters. The molecule has 10 heteroatoms. The largest absolute Gasteiger partial charge is 0.515 e.